The molecule has 0 saturated carbocycles. The lowest BCUT2D eigenvalue weighted by atomic mass is 9.89. The van der Waals surface area contributed by atoms with Crippen molar-refractivity contribution in [3.8, 4) is 0 Å². The standard InChI is InChI=1S/C25H44O6/c1-2-3-4-5-6-7-11-14-25(27,24-12-9-8-10-13-24)23-31-22-21-30-20-19-29-18-17-28-16-15-26/h8-10,12-13,26-27H,2-7,11,14-23H2,1H3. The van der Waals surface area contributed by atoms with Gasteiger partial charge in [-0.05, 0) is 12.0 Å². The molecule has 0 bridgehead atoms. The van der Waals surface area contributed by atoms with Crippen LogP contribution in [0.2, 0.25) is 0 Å². The molecule has 1 atom stereocenters. The van der Waals surface area contributed by atoms with E-state index in [-0.39, 0.29) is 13.2 Å². The van der Waals surface area contributed by atoms with Gasteiger partial charge in [-0.25, -0.2) is 0 Å². The van der Waals surface area contributed by atoms with E-state index in [1.165, 1.54) is 32.1 Å². The molecule has 0 fully saturated rings. The SMILES string of the molecule is CCCCCCCCCC(O)(COCCOCCOCCOCCO)c1ccccc1. The highest BCUT2D eigenvalue weighted by molar-refractivity contribution is 5.22. The first kappa shape index (κ1) is 28.0. The van der Waals surface area contributed by atoms with Gasteiger partial charge in [0.2, 0.25) is 0 Å². The molecule has 0 aliphatic carbocycles. The molecule has 0 spiro atoms. The molecule has 6 heteroatoms. The summed E-state index contributed by atoms with van der Waals surface area (Å²) in [5, 5.41) is 19.9. The van der Waals surface area contributed by atoms with Crippen LogP contribution >= 0.6 is 0 Å². The van der Waals surface area contributed by atoms with Crippen LogP contribution < -0.4 is 0 Å². The number of hydrogen-bond acceptors (Lipinski definition) is 6. The lowest BCUT2D eigenvalue weighted by Crippen LogP contribution is -2.32. The summed E-state index contributed by atoms with van der Waals surface area (Å²) in [6.45, 7) is 5.72. The molecule has 0 amide bonds. The molecular formula is C25H44O6. The number of unbranched alkanes of at least 4 members (excludes halogenated alkanes) is 6. The van der Waals surface area contributed by atoms with Crippen molar-refractivity contribution in [2.24, 2.45) is 0 Å². The average molecular weight is 441 g/mol. The Morgan fingerprint density at radius 2 is 1.19 bits per heavy atom. The summed E-state index contributed by atoms with van der Waals surface area (Å²) in [6.07, 6.45) is 9.25. The summed E-state index contributed by atoms with van der Waals surface area (Å²) in [6, 6.07) is 9.84. The van der Waals surface area contributed by atoms with Gasteiger partial charge in [-0.2, -0.15) is 0 Å². The first-order valence-corrected chi connectivity index (χ1v) is 11.9. The fraction of sp³-hybridized carbons (Fsp3) is 0.760. The molecule has 1 aromatic carbocycles. The molecule has 1 aromatic rings. The lowest BCUT2D eigenvalue weighted by molar-refractivity contribution is -0.0714. The number of rotatable bonds is 22. The van der Waals surface area contributed by atoms with Crippen LogP contribution in [0.25, 0.3) is 0 Å². The smallest absolute Gasteiger partial charge is 0.113 e. The van der Waals surface area contributed by atoms with Gasteiger partial charge in [0.15, 0.2) is 0 Å². The van der Waals surface area contributed by atoms with Crippen LogP contribution in [0.1, 0.15) is 63.9 Å². The molecule has 2 N–H and O–H groups in total. The van der Waals surface area contributed by atoms with Crippen LogP contribution in [-0.2, 0) is 24.5 Å². The highest BCUT2D eigenvalue weighted by atomic mass is 16.6. The zero-order valence-corrected chi connectivity index (χ0v) is 19.4. The van der Waals surface area contributed by atoms with Gasteiger partial charge < -0.3 is 29.2 Å². The van der Waals surface area contributed by atoms with Crippen molar-refractivity contribution >= 4 is 0 Å². The molecular weight excluding hydrogens is 396 g/mol. The topological polar surface area (TPSA) is 77.4 Å². The third kappa shape index (κ3) is 14.6. The van der Waals surface area contributed by atoms with E-state index in [1.54, 1.807) is 0 Å². The molecule has 1 rings (SSSR count). The van der Waals surface area contributed by atoms with E-state index in [9.17, 15) is 5.11 Å². The quantitative estimate of drug-likeness (QED) is 0.265. The Morgan fingerprint density at radius 1 is 0.677 bits per heavy atom. The Labute approximate surface area is 188 Å². The van der Waals surface area contributed by atoms with Gasteiger partial charge in [0.05, 0.1) is 59.5 Å². The highest BCUT2D eigenvalue weighted by Crippen LogP contribution is 2.28. The predicted molar refractivity (Wildman–Crippen MR) is 123 cm³/mol. The van der Waals surface area contributed by atoms with E-state index >= 15 is 0 Å². The summed E-state index contributed by atoms with van der Waals surface area (Å²) in [5.41, 5.74) is -0.0405. The first-order chi connectivity index (χ1) is 15.2. The lowest BCUT2D eigenvalue weighted by Gasteiger charge is -2.29. The van der Waals surface area contributed by atoms with Crippen molar-refractivity contribution in [1.82, 2.24) is 0 Å². The van der Waals surface area contributed by atoms with E-state index < -0.39 is 5.60 Å². The summed E-state index contributed by atoms with van der Waals surface area (Å²) in [4.78, 5) is 0. The molecule has 0 saturated heterocycles. The first-order valence-electron chi connectivity index (χ1n) is 11.9. The third-order valence-corrected chi connectivity index (χ3v) is 5.20. The van der Waals surface area contributed by atoms with Crippen LogP contribution in [0, 0.1) is 0 Å². The van der Waals surface area contributed by atoms with Crippen molar-refractivity contribution in [3.63, 3.8) is 0 Å². The van der Waals surface area contributed by atoms with Crippen molar-refractivity contribution in [2.45, 2.75) is 63.9 Å². The van der Waals surface area contributed by atoms with Crippen LogP contribution in [0.15, 0.2) is 30.3 Å². The molecule has 0 aromatic heterocycles. The Morgan fingerprint density at radius 3 is 1.77 bits per heavy atom. The minimum Gasteiger partial charge on any atom is -0.394 e. The molecule has 31 heavy (non-hydrogen) atoms. The Balaban J connectivity index is 2.19. The third-order valence-electron chi connectivity index (χ3n) is 5.20. The fourth-order valence-corrected chi connectivity index (χ4v) is 3.39. The second kappa shape index (κ2) is 19.6. The fourth-order valence-electron chi connectivity index (χ4n) is 3.39. The van der Waals surface area contributed by atoms with Crippen LogP contribution in [0.4, 0.5) is 0 Å². The summed E-state index contributed by atoms with van der Waals surface area (Å²) in [5.74, 6) is 0. The van der Waals surface area contributed by atoms with E-state index in [2.05, 4.69) is 6.92 Å². The molecule has 0 heterocycles. The summed E-state index contributed by atoms with van der Waals surface area (Å²) >= 11 is 0. The van der Waals surface area contributed by atoms with Crippen molar-refractivity contribution < 1.29 is 29.2 Å². The van der Waals surface area contributed by atoms with Crippen molar-refractivity contribution in [1.29, 1.82) is 0 Å². The second-order valence-electron chi connectivity index (χ2n) is 7.88. The number of hydrogen-bond donors (Lipinski definition) is 2. The molecule has 0 radical (unpaired) electrons. The number of ether oxygens (including phenoxy) is 4. The van der Waals surface area contributed by atoms with Gasteiger partial charge in [0, 0.05) is 0 Å². The number of aliphatic hydroxyl groups excluding tert-OH is 1. The van der Waals surface area contributed by atoms with E-state index in [1.807, 2.05) is 30.3 Å². The van der Waals surface area contributed by atoms with Crippen LogP contribution in [0.5, 0.6) is 0 Å². The molecule has 6 nitrogen and oxygen atoms in total. The monoisotopic (exact) mass is 440 g/mol. The minimum absolute atomic E-state index is 0.0293. The molecule has 0 aliphatic heterocycles. The highest BCUT2D eigenvalue weighted by Gasteiger charge is 2.28. The van der Waals surface area contributed by atoms with E-state index in [0.29, 0.717) is 52.7 Å². The zero-order valence-electron chi connectivity index (χ0n) is 19.4. The van der Waals surface area contributed by atoms with Crippen molar-refractivity contribution in [3.05, 3.63) is 35.9 Å². The van der Waals surface area contributed by atoms with Crippen LogP contribution in [0.3, 0.4) is 0 Å². The normalized spacial score (nSPS) is 13.4. The Kier molecular flexibility index (Phi) is 17.8. The maximum absolute atomic E-state index is 11.3. The summed E-state index contributed by atoms with van der Waals surface area (Å²) < 4.78 is 21.8. The van der Waals surface area contributed by atoms with Gasteiger partial charge in [0.25, 0.3) is 0 Å². The summed E-state index contributed by atoms with van der Waals surface area (Å²) in [7, 11) is 0. The van der Waals surface area contributed by atoms with Crippen molar-refractivity contribution in [2.75, 3.05) is 59.5 Å². The average Bonchev–Trinajstić information content (AvgIpc) is 2.80. The zero-order chi connectivity index (χ0) is 22.5. The van der Waals surface area contributed by atoms with Gasteiger partial charge in [-0.3, -0.25) is 0 Å². The molecule has 1 unspecified atom stereocenters. The molecule has 0 aliphatic rings. The predicted octanol–water partition coefficient (Wildman–Crippen LogP) is 4.07. The van der Waals surface area contributed by atoms with Gasteiger partial charge in [-0.15, -0.1) is 0 Å². The van der Waals surface area contributed by atoms with E-state index in [0.717, 1.165) is 18.4 Å². The van der Waals surface area contributed by atoms with Gasteiger partial charge in [-0.1, -0.05) is 82.2 Å². The Bertz CT molecular complexity index is 498. The maximum Gasteiger partial charge on any atom is 0.113 e. The molecule has 180 valence electrons. The van der Waals surface area contributed by atoms with E-state index in [4.69, 9.17) is 24.1 Å². The number of aliphatic hydroxyl groups is 2. The second-order valence-corrected chi connectivity index (χ2v) is 7.88. The largest absolute Gasteiger partial charge is 0.394 e. The van der Waals surface area contributed by atoms with Gasteiger partial charge in [0.1, 0.15) is 5.60 Å². The van der Waals surface area contributed by atoms with Crippen LogP contribution in [-0.4, -0.2) is 69.7 Å². The minimum atomic E-state index is -0.956. The Hall–Kier alpha value is -1.02. The maximum atomic E-state index is 11.3. The number of benzene rings is 1. The van der Waals surface area contributed by atoms with Gasteiger partial charge >= 0.3 is 0 Å².